The average molecular weight is 387 g/mol. The number of hydrogen-bond donors (Lipinski definition) is 1. The Hall–Kier alpha value is -2.51. The normalized spacial score (nSPS) is 15.0. The number of carbonyl (C=O) groups excluding carboxylic acids is 2. The van der Waals surface area contributed by atoms with Gasteiger partial charge in [-0.25, -0.2) is 4.79 Å². The minimum atomic E-state index is -0.570. The fourth-order valence-corrected chi connectivity index (χ4v) is 3.58. The number of nitrogens with zero attached hydrogens (tertiary/aromatic N) is 1. The van der Waals surface area contributed by atoms with Crippen LogP contribution in [0.2, 0.25) is 0 Å². The van der Waals surface area contributed by atoms with E-state index in [2.05, 4.69) is 4.90 Å². The Morgan fingerprint density at radius 2 is 2.00 bits per heavy atom. The van der Waals surface area contributed by atoms with Gasteiger partial charge in [-0.05, 0) is 44.0 Å². The maximum absolute atomic E-state index is 12.4. The first-order chi connectivity index (χ1) is 13.5. The molecule has 3 rings (SSSR count). The fourth-order valence-electron chi connectivity index (χ4n) is 3.58. The van der Waals surface area contributed by atoms with E-state index in [0.717, 1.165) is 39.3 Å². The Balaban J connectivity index is 1.64. The van der Waals surface area contributed by atoms with Crippen molar-refractivity contribution in [1.82, 2.24) is 4.90 Å². The Morgan fingerprint density at radius 1 is 1.25 bits per heavy atom. The van der Waals surface area contributed by atoms with Gasteiger partial charge in [-0.15, -0.1) is 0 Å². The lowest BCUT2D eigenvalue weighted by molar-refractivity contribution is -0.119. The van der Waals surface area contributed by atoms with Crippen molar-refractivity contribution in [1.29, 1.82) is 0 Å². The minimum Gasteiger partial charge on any atom is -0.507 e. The van der Waals surface area contributed by atoms with Crippen LogP contribution in [0, 0.1) is 6.92 Å². The van der Waals surface area contributed by atoms with Crippen molar-refractivity contribution in [3.63, 3.8) is 0 Å². The number of Topliss-reactive ketones (excluding diaryl/α,β-unsaturated/α-hetero) is 1. The maximum atomic E-state index is 12.4. The number of hydrogen-bond acceptors (Lipinski definition) is 7. The molecule has 2 aromatic rings. The van der Waals surface area contributed by atoms with Gasteiger partial charge in [0.25, 0.3) is 0 Å². The molecule has 1 aromatic carbocycles. The molecule has 0 bridgehead atoms. The molecule has 0 spiro atoms. The van der Waals surface area contributed by atoms with Gasteiger partial charge in [0.1, 0.15) is 11.5 Å². The van der Waals surface area contributed by atoms with Crippen LogP contribution in [0.25, 0.3) is 11.0 Å². The molecule has 150 valence electrons. The Kier molecular flexibility index (Phi) is 6.59. The molecular formula is C21H25NO6. The van der Waals surface area contributed by atoms with E-state index in [1.807, 2.05) is 0 Å². The van der Waals surface area contributed by atoms with Gasteiger partial charge in [-0.2, -0.15) is 0 Å². The summed E-state index contributed by atoms with van der Waals surface area (Å²) in [6, 6.07) is 3.02. The number of aldehydes is 1. The number of ether oxygens (including phenoxy) is 1. The second-order valence-corrected chi connectivity index (χ2v) is 7.08. The number of morpholine rings is 1. The number of rotatable bonds is 8. The van der Waals surface area contributed by atoms with Gasteiger partial charge in [0.15, 0.2) is 11.9 Å². The summed E-state index contributed by atoms with van der Waals surface area (Å²) in [7, 11) is 0. The van der Waals surface area contributed by atoms with E-state index >= 15 is 0 Å². The monoisotopic (exact) mass is 387 g/mol. The van der Waals surface area contributed by atoms with Gasteiger partial charge in [-0.3, -0.25) is 14.5 Å². The van der Waals surface area contributed by atoms with Crippen LogP contribution < -0.4 is 5.63 Å². The molecule has 1 fully saturated rings. The summed E-state index contributed by atoms with van der Waals surface area (Å²) >= 11 is 0. The highest BCUT2D eigenvalue weighted by atomic mass is 16.5. The Morgan fingerprint density at radius 3 is 2.71 bits per heavy atom. The smallest absolute Gasteiger partial charge is 0.339 e. The third kappa shape index (κ3) is 4.48. The summed E-state index contributed by atoms with van der Waals surface area (Å²) in [6.45, 7) is 5.95. The van der Waals surface area contributed by atoms with E-state index in [4.69, 9.17) is 9.15 Å². The molecule has 1 aromatic heterocycles. The molecule has 0 unspecified atom stereocenters. The van der Waals surface area contributed by atoms with Gasteiger partial charge >= 0.3 is 5.63 Å². The zero-order valence-corrected chi connectivity index (χ0v) is 16.0. The summed E-state index contributed by atoms with van der Waals surface area (Å²) in [4.78, 5) is 38.1. The van der Waals surface area contributed by atoms with E-state index in [1.165, 1.54) is 6.07 Å². The van der Waals surface area contributed by atoms with Gasteiger partial charge in [-0.1, -0.05) is 0 Å². The third-order valence-corrected chi connectivity index (χ3v) is 5.28. The molecular weight excluding hydrogens is 362 g/mol. The Labute approximate surface area is 162 Å². The van der Waals surface area contributed by atoms with E-state index in [-0.39, 0.29) is 29.1 Å². The highest BCUT2D eigenvalue weighted by Crippen LogP contribution is 2.28. The molecule has 28 heavy (non-hydrogen) atoms. The highest BCUT2D eigenvalue weighted by Gasteiger charge is 2.17. The summed E-state index contributed by atoms with van der Waals surface area (Å²) in [5.41, 5.74) is 0.591. The number of aromatic hydroxyl groups is 1. The largest absolute Gasteiger partial charge is 0.507 e. The summed E-state index contributed by atoms with van der Waals surface area (Å²) < 4.78 is 10.6. The molecule has 0 amide bonds. The summed E-state index contributed by atoms with van der Waals surface area (Å²) in [5.74, 6) is -0.111. The third-order valence-electron chi connectivity index (χ3n) is 5.28. The number of carbonyl (C=O) groups is 2. The number of phenolic OH excluding ortho intramolecular Hbond substituents is 1. The predicted octanol–water partition coefficient (Wildman–Crippen LogP) is 2.23. The lowest BCUT2D eigenvalue weighted by Gasteiger charge is -2.26. The van der Waals surface area contributed by atoms with Crippen LogP contribution in [-0.2, 0) is 16.0 Å². The number of ketones is 1. The maximum Gasteiger partial charge on any atom is 0.339 e. The van der Waals surface area contributed by atoms with Gasteiger partial charge in [0.2, 0.25) is 0 Å². The second-order valence-electron chi connectivity index (χ2n) is 7.08. The van der Waals surface area contributed by atoms with Gasteiger partial charge in [0.05, 0.1) is 18.8 Å². The van der Waals surface area contributed by atoms with Crippen molar-refractivity contribution in [2.45, 2.75) is 32.6 Å². The van der Waals surface area contributed by atoms with Crippen LogP contribution in [0.3, 0.4) is 0 Å². The molecule has 1 saturated heterocycles. The molecule has 7 nitrogen and oxygen atoms in total. The molecule has 1 aliphatic heterocycles. The van der Waals surface area contributed by atoms with Crippen LogP contribution in [0.1, 0.15) is 40.7 Å². The molecule has 0 radical (unpaired) electrons. The number of phenols is 1. The first kappa shape index (κ1) is 20.2. The van der Waals surface area contributed by atoms with Crippen LogP contribution >= 0.6 is 0 Å². The first-order valence-electron chi connectivity index (χ1n) is 9.56. The minimum absolute atomic E-state index is 0.0385. The number of benzene rings is 1. The fraction of sp³-hybridized carbons (Fsp3) is 0.476. The van der Waals surface area contributed by atoms with Crippen molar-refractivity contribution < 1.29 is 23.8 Å². The molecule has 7 heteroatoms. The van der Waals surface area contributed by atoms with Crippen LogP contribution in [0.15, 0.2) is 21.3 Å². The summed E-state index contributed by atoms with van der Waals surface area (Å²) in [5, 5.41) is 10.4. The lowest BCUT2D eigenvalue weighted by Crippen LogP contribution is -2.36. The van der Waals surface area contributed by atoms with Crippen molar-refractivity contribution in [3.05, 3.63) is 39.2 Å². The van der Waals surface area contributed by atoms with E-state index in [0.29, 0.717) is 35.6 Å². The Bertz CT molecular complexity index is 927. The van der Waals surface area contributed by atoms with E-state index < -0.39 is 5.63 Å². The topological polar surface area (TPSA) is 97.0 Å². The number of aryl methyl sites for hydroxylation is 1. The zero-order valence-electron chi connectivity index (χ0n) is 16.0. The van der Waals surface area contributed by atoms with Crippen molar-refractivity contribution in [3.8, 4) is 5.75 Å². The van der Waals surface area contributed by atoms with Crippen molar-refractivity contribution in [2.24, 2.45) is 0 Å². The molecule has 0 atom stereocenters. The van der Waals surface area contributed by atoms with E-state index in [1.54, 1.807) is 13.0 Å². The molecule has 1 N–H and O–H groups in total. The van der Waals surface area contributed by atoms with Crippen LogP contribution in [-0.4, -0.2) is 54.9 Å². The quantitative estimate of drug-likeness (QED) is 0.548. The van der Waals surface area contributed by atoms with Crippen LogP contribution in [0.5, 0.6) is 5.75 Å². The SMILES string of the molecule is Cc1c(CCC(=O)CCCN2CCOCC2)c(=O)oc2c(C=O)c(O)ccc12. The average Bonchev–Trinajstić information content (AvgIpc) is 2.68. The summed E-state index contributed by atoms with van der Waals surface area (Å²) in [6.07, 6.45) is 2.33. The first-order valence-corrected chi connectivity index (χ1v) is 9.56. The van der Waals surface area contributed by atoms with Gasteiger partial charge in [0, 0.05) is 36.9 Å². The molecule has 0 saturated carbocycles. The molecule has 1 aliphatic rings. The molecule has 0 aliphatic carbocycles. The van der Waals surface area contributed by atoms with Gasteiger partial charge < -0.3 is 14.3 Å². The lowest BCUT2D eigenvalue weighted by atomic mass is 9.98. The van der Waals surface area contributed by atoms with Crippen LogP contribution in [0.4, 0.5) is 0 Å². The zero-order chi connectivity index (χ0) is 20.1. The second kappa shape index (κ2) is 9.12. The van der Waals surface area contributed by atoms with E-state index in [9.17, 15) is 19.5 Å². The molecule has 2 heterocycles. The van der Waals surface area contributed by atoms with Crippen molar-refractivity contribution in [2.75, 3.05) is 32.8 Å². The van der Waals surface area contributed by atoms with Crippen molar-refractivity contribution >= 4 is 23.0 Å². The highest BCUT2D eigenvalue weighted by molar-refractivity contribution is 5.98. The number of fused-ring (bicyclic) bond motifs is 1. The predicted molar refractivity (Wildman–Crippen MR) is 104 cm³/mol. The standard InChI is InChI=1S/C21H25NO6/c1-14-16-6-7-19(25)18(13-23)20(16)28-21(26)17(14)5-4-15(24)3-2-8-22-9-11-27-12-10-22/h6-7,13,25H,2-5,8-12H2,1H3.